The number of amides is 2. The summed E-state index contributed by atoms with van der Waals surface area (Å²) in [5.41, 5.74) is 0.920. The molecule has 1 fully saturated rings. The minimum Gasteiger partial charge on any atom is -0.493 e. The molecule has 1 N–H and O–H groups in total. The topological polar surface area (TPSA) is 103 Å². The minimum atomic E-state index is -0.142. The summed E-state index contributed by atoms with van der Waals surface area (Å²) in [7, 11) is 3.16. The standard InChI is InChI=1S/C19H20N4O5/c1-25-14-6-5-12(8-16(14)26-2)9-20-19(24)23-10-13(11-23)18-21-17(22-28-18)15-4-3-7-27-15/h3-8,13H,9-11H2,1-2H3,(H,20,24). The second kappa shape index (κ2) is 7.63. The molecule has 1 aliphatic heterocycles. The van der Waals surface area contributed by atoms with Crippen LogP contribution in [0.25, 0.3) is 11.6 Å². The molecule has 0 bridgehead atoms. The van der Waals surface area contributed by atoms with Crippen LogP contribution < -0.4 is 14.8 Å². The smallest absolute Gasteiger partial charge is 0.317 e. The number of hydrogen-bond acceptors (Lipinski definition) is 7. The number of rotatable bonds is 6. The third kappa shape index (κ3) is 3.51. The monoisotopic (exact) mass is 384 g/mol. The number of hydrogen-bond donors (Lipinski definition) is 1. The average molecular weight is 384 g/mol. The largest absolute Gasteiger partial charge is 0.493 e. The SMILES string of the molecule is COc1ccc(CNC(=O)N2CC(c3nc(-c4ccco4)no3)C2)cc1OC. The van der Waals surface area contributed by atoms with Crippen LogP contribution in [0, 0.1) is 0 Å². The van der Waals surface area contributed by atoms with Crippen molar-refractivity contribution in [1.29, 1.82) is 0 Å². The molecule has 0 unspecified atom stereocenters. The number of likely N-dealkylation sites (tertiary alicyclic amines) is 1. The number of urea groups is 1. The lowest BCUT2D eigenvalue weighted by molar-refractivity contribution is 0.136. The molecule has 1 saturated heterocycles. The summed E-state index contributed by atoms with van der Waals surface area (Å²) >= 11 is 0. The highest BCUT2D eigenvalue weighted by Gasteiger charge is 2.35. The molecular formula is C19H20N4O5. The van der Waals surface area contributed by atoms with E-state index in [0.29, 0.717) is 48.6 Å². The molecule has 0 spiro atoms. The number of nitrogens with one attached hydrogen (secondary N) is 1. The van der Waals surface area contributed by atoms with Gasteiger partial charge < -0.3 is 28.6 Å². The lowest BCUT2D eigenvalue weighted by Gasteiger charge is -2.36. The molecule has 28 heavy (non-hydrogen) atoms. The highest BCUT2D eigenvalue weighted by molar-refractivity contribution is 5.75. The Morgan fingerprint density at radius 1 is 1.25 bits per heavy atom. The first kappa shape index (κ1) is 17.9. The number of ether oxygens (including phenoxy) is 2. The molecule has 1 aliphatic rings. The second-order valence-corrected chi connectivity index (χ2v) is 6.38. The van der Waals surface area contributed by atoms with E-state index in [1.54, 1.807) is 37.5 Å². The highest BCUT2D eigenvalue weighted by atomic mass is 16.5. The van der Waals surface area contributed by atoms with Crippen LogP contribution in [0.2, 0.25) is 0 Å². The van der Waals surface area contributed by atoms with Crippen molar-refractivity contribution in [3.8, 4) is 23.1 Å². The van der Waals surface area contributed by atoms with Crippen molar-refractivity contribution in [3.05, 3.63) is 48.0 Å². The van der Waals surface area contributed by atoms with Crippen molar-refractivity contribution < 1.29 is 23.2 Å². The van der Waals surface area contributed by atoms with Gasteiger partial charge in [-0.2, -0.15) is 4.98 Å². The molecule has 9 nitrogen and oxygen atoms in total. The van der Waals surface area contributed by atoms with Crippen molar-refractivity contribution in [1.82, 2.24) is 20.4 Å². The fraction of sp³-hybridized carbons (Fsp3) is 0.316. The Morgan fingerprint density at radius 3 is 2.79 bits per heavy atom. The second-order valence-electron chi connectivity index (χ2n) is 6.38. The molecule has 9 heteroatoms. The van der Waals surface area contributed by atoms with E-state index in [9.17, 15) is 4.79 Å². The van der Waals surface area contributed by atoms with Crippen molar-refractivity contribution in [2.75, 3.05) is 27.3 Å². The van der Waals surface area contributed by atoms with E-state index in [2.05, 4.69) is 15.5 Å². The van der Waals surface area contributed by atoms with E-state index in [1.807, 2.05) is 18.2 Å². The summed E-state index contributed by atoms with van der Waals surface area (Å²) in [6.07, 6.45) is 1.55. The van der Waals surface area contributed by atoms with Gasteiger partial charge in [-0.05, 0) is 29.8 Å². The zero-order valence-electron chi connectivity index (χ0n) is 15.5. The Labute approximate surface area is 161 Å². The molecule has 0 saturated carbocycles. The summed E-state index contributed by atoms with van der Waals surface area (Å²) in [6.45, 7) is 1.44. The van der Waals surface area contributed by atoms with Gasteiger partial charge in [-0.3, -0.25) is 0 Å². The molecule has 2 aromatic heterocycles. The van der Waals surface area contributed by atoms with Gasteiger partial charge in [-0.25, -0.2) is 4.79 Å². The van der Waals surface area contributed by atoms with Crippen LogP contribution in [0.3, 0.4) is 0 Å². The van der Waals surface area contributed by atoms with Crippen molar-refractivity contribution >= 4 is 6.03 Å². The van der Waals surface area contributed by atoms with E-state index in [-0.39, 0.29) is 11.9 Å². The van der Waals surface area contributed by atoms with Gasteiger partial charge in [0.05, 0.1) is 26.4 Å². The molecule has 0 atom stereocenters. The number of carbonyl (C=O) groups excluding carboxylic acids is 1. The number of benzene rings is 1. The van der Waals surface area contributed by atoms with Crippen molar-refractivity contribution in [2.24, 2.45) is 0 Å². The predicted molar refractivity (Wildman–Crippen MR) is 98.1 cm³/mol. The van der Waals surface area contributed by atoms with Gasteiger partial charge in [0.25, 0.3) is 0 Å². The molecule has 1 aromatic carbocycles. The number of furan rings is 1. The maximum atomic E-state index is 12.3. The Kier molecular flexibility index (Phi) is 4.88. The summed E-state index contributed by atoms with van der Waals surface area (Å²) in [4.78, 5) is 18.4. The van der Waals surface area contributed by atoms with Crippen LogP contribution in [0.1, 0.15) is 17.4 Å². The molecule has 0 aliphatic carbocycles. The molecular weight excluding hydrogens is 364 g/mol. The number of methoxy groups -OCH3 is 2. The minimum absolute atomic E-state index is 0.0306. The van der Waals surface area contributed by atoms with Gasteiger partial charge in [-0.15, -0.1) is 0 Å². The fourth-order valence-corrected chi connectivity index (χ4v) is 2.99. The summed E-state index contributed by atoms with van der Waals surface area (Å²) in [5.74, 6) is 2.78. The predicted octanol–water partition coefficient (Wildman–Crippen LogP) is 2.66. The Balaban J connectivity index is 1.28. The zero-order valence-corrected chi connectivity index (χ0v) is 15.5. The lowest BCUT2D eigenvalue weighted by Crippen LogP contribution is -2.52. The first-order chi connectivity index (χ1) is 13.7. The van der Waals surface area contributed by atoms with Crippen molar-refractivity contribution in [3.63, 3.8) is 0 Å². The molecule has 3 heterocycles. The number of nitrogens with zero attached hydrogens (tertiary/aromatic N) is 3. The third-order valence-corrected chi connectivity index (χ3v) is 4.59. The maximum Gasteiger partial charge on any atom is 0.317 e. The first-order valence-electron chi connectivity index (χ1n) is 8.79. The Bertz CT molecular complexity index is 947. The molecule has 4 rings (SSSR count). The third-order valence-electron chi connectivity index (χ3n) is 4.59. The summed E-state index contributed by atoms with van der Waals surface area (Å²) < 4.78 is 21.0. The summed E-state index contributed by atoms with van der Waals surface area (Å²) in [6, 6.07) is 8.92. The van der Waals surface area contributed by atoms with Gasteiger partial charge in [0.2, 0.25) is 11.7 Å². The number of carbonyl (C=O) groups is 1. The zero-order chi connectivity index (χ0) is 19.5. The van der Waals surface area contributed by atoms with Crippen LogP contribution in [-0.2, 0) is 6.54 Å². The van der Waals surface area contributed by atoms with Gasteiger partial charge >= 0.3 is 6.03 Å². The van der Waals surface area contributed by atoms with Crippen LogP contribution in [0.4, 0.5) is 4.79 Å². The van der Waals surface area contributed by atoms with Gasteiger partial charge in [0.1, 0.15) is 0 Å². The van der Waals surface area contributed by atoms with Crippen LogP contribution in [-0.4, -0.2) is 48.4 Å². The van der Waals surface area contributed by atoms with E-state index >= 15 is 0 Å². The van der Waals surface area contributed by atoms with Gasteiger partial charge in [0, 0.05) is 19.6 Å². The van der Waals surface area contributed by atoms with E-state index < -0.39 is 0 Å². The highest BCUT2D eigenvalue weighted by Crippen LogP contribution is 2.29. The maximum absolute atomic E-state index is 12.3. The lowest BCUT2D eigenvalue weighted by atomic mass is 10.0. The van der Waals surface area contributed by atoms with E-state index in [0.717, 1.165) is 5.56 Å². The molecule has 0 radical (unpaired) electrons. The number of aromatic nitrogens is 2. The van der Waals surface area contributed by atoms with Crippen LogP contribution in [0.15, 0.2) is 45.5 Å². The first-order valence-corrected chi connectivity index (χ1v) is 8.79. The van der Waals surface area contributed by atoms with E-state index in [1.165, 1.54) is 0 Å². The van der Waals surface area contributed by atoms with Crippen molar-refractivity contribution in [2.45, 2.75) is 12.5 Å². The van der Waals surface area contributed by atoms with Crippen LogP contribution >= 0.6 is 0 Å². The Morgan fingerprint density at radius 2 is 2.07 bits per heavy atom. The molecule has 3 aromatic rings. The summed E-state index contributed by atoms with van der Waals surface area (Å²) in [5, 5.41) is 6.82. The van der Waals surface area contributed by atoms with Gasteiger partial charge in [0.15, 0.2) is 17.3 Å². The fourth-order valence-electron chi connectivity index (χ4n) is 2.99. The molecule has 146 valence electrons. The Hall–Kier alpha value is -3.49. The quantitative estimate of drug-likeness (QED) is 0.697. The average Bonchev–Trinajstić information content (AvgIpc) is 3.36. The van der Waals surface area contributed by atoms with Crippen LogP contribution in [0.5, 0.6) is 11.5 Å². The van der Waals surface area contributed by atoms with Gasteiger partial charge in [-0.1, -0.05) is 11.2 Å². The molecule has 2 amide bonds. The van der Waals surface area contributed by atoms with E-state index in [4.69, 9.17) is 18.4 Å². The normalized spacial score (nSPS) is 13.9.